The van der Waals surface area contributed by atoms with Crippen LogP contribution in [0.4, 0.5) is 0 Å². The van der Waals surface area contributed by atoms with E-state index >= 15 is 0 Å². The molecule has 4 rings (SSSR count). The second-order valence-corrected chi connectivity index (χ2v) is 9.29. The van der Waals surface area contributed by atoms with Crippen LogP contribution in [-0.4, -0.2) is 38.2 Å². The van der Waals surface area contributed by atoms with Crippen molar-refractivity contribution in [2.75, 3.05) is 0 Å². The van der Waals surface area contributed by atoms with E-state index in [-0.39, 0.29) is 6.42 Å². The number of hydrogen-bond donors (Lipinski definition) is 4. The van der Waals surface area contributed by atoms with Gasteiger partial charge in [0.25, 0.3) is 5.91 Å². The average molecular weight is 490 g/mol. The normalized spacial score (nSPS) is 16.3. The van der Waals surface area contributed by atoms with Crippen molar-refractivity contribution in [3.63, 3.8) is 0 Å². The van der Waals surface area contributed by atoms with Gasteiger partial charge in [-0.05, 0) is 25.0 Å². The first-order valence-corrected chi connectivity index (χ1v) is 12.2. The van der Waals surface area contributed by atoms with E-state index in [9.17, 15) is 14.7 Å². The van der Waals surface area contributed by atoms with Crippen LogP contribution in [0, 0.1) is 6.92 Å². The summed E-state index contributed by atoms with van der Waals surface area (Å²) < 4.78 is 0. The van der Waals surface area contributed by atoms with Gasteiger partial charge in [-0.3, -0.25) is 4.79 Å². The second-order valence-electron chi connectivity index (χ2n) is 8.33. The Kier molecular flexibility index (Phi) is 7.67. The zero-order valence-corrected chi connectivity index (χ0v) is 20.3. The zero-order valence-electron chi connectivity index (χ0n) is 19.5. The first kappa shape index (κ1) is 24.3. The Bertz CT molecular complexity index is 1240. The van der Waals surface area contributed by atoms with E-state index in [0.29, 0.717) is 22.1 Å². The molecule has 1 unspecified atom stereocenters. The van der Waals surface area contributed by atoms with Crippen molar-refractivity contribution in [3.05, 3.63) is 101 Å². The van der Waals surface area contributed by atoms with E-state index in [4.69, 9.17) is 4.99 Å². The fourth-order valence-corrected chi connectivity index (χ4v) is 4.68. The van der Waals surface area contributed by atoms with Gasteiger partial charge >= 0.3 is 5.97 Å². The highest BCUT2D eigenvalue weighted by molar-refractivity contribution is 8.13. The van der Waals surface area contributed by atoms with Crippen LogP contribution in [0.15, 0.2) is 83.4 Å². The second kappa shape index (κ2) is 11.1. The summed E-state index contributed by atoms with van der Waals surface area (Å²) in [6.45, 7) is 3.82. The SMILES string of the molecule is CC1=C(C(=O)N[C@@H](Cc2cnc[nH]2)C(=O)O)C(c2ccc(C)cc2)N=C(SCc2ccccc2)N1. The van der Waals surface area contributed by atoms with Crippen LogP contribution < -0.4 is 10.6 Å². The van der Waals surface area contributed by atoms with Gasteiger partial charge in [0.1, 0.15) is 12.1 Å². The van der Waals surface area contributed by atoms with Gasteiger partial charge < -0.3 is 20.7 Å². The van der Waals surface area contributed by atoms with Crippen molar-refractivity contribution in [1.82, 2.24) is 20.6 Å². The van der Waals surface area contributed by atoms with Crippen molar-refractivity contribution >= 4 is 28.8 Å². The number of imidazole rings is 1. The maximum atomic E-state index is 13.4. The third-order valence-corrected chi connectivity index (χ3v) is 6.62. The minimum atomic E-state index is -1.12. The Hall–Kier alpha value is -3.85. The molecular weight excluding hydrogens is 462 g/mol. The van der Waals surface area contributed by atoms with E-state index in [2.05, 4.69) is 32.7 Å². The number of H-pyrrole nitrogens is 1. The number of carboxylic acids is 1. The average Bonchev–Trinajstić information content (AvgIpc) is 3.36. The molecule has 1 aliphatic heterocycles. The summed E-state index contributed by atoms with van der Waals surface area (Å²) in [7, 11) is 0. The molecule has 0 bridgehead atoms. The number of allylic oxidation sites excluding steroid dienone is 1. The standard InChI is InChI=1S/C26H27N5O3S/c1-16-8-10-19(11-9-16)23-22(24(32)30-21(25(33)34)12-20-13-27-15-28-20)17(2)29-26(31-23)35-14-18-6-4-3-5-7-18/h3-11,13,15,21,23H,12,14H2,1-2H3,(H,27,28)(H,29,31)(H,30,32)(H,33,34)/t21-,23?/m0/s1. The molecule has 0 radical (unpaired) electrons. The van der Waals surface area contributed by atoms with Crippen LogP contribution in [0.25, 0.3) is 0 Å². The number of aromatic amines is 1. The minimum absolute atomic E-state index is 0.0947. The van der Waals surface area contributed by atoms with Crippen molar-refractivity contribution in [3.8, 4) is 0 Å². The fourth-order valence-electron chi connectivity index (χ4n) is 3.78. The van der Waals surface area contributed by atoms with E-state index in [1.165, 1.54) is 11.9 Å². The summed E-state index contributed by atoms with van der Waals surface area (Å²) in [5.41, 5.74) is 4.79. The Morgan fingerprint density at radius 3 is 2.51 bits per heavy atom. The van der Waals surface area contributed by atoms with E-state index < -0.39 is 24.0 Å². The van der Waals surface area contributed by atoms with Crippen molar-refractivity contribution < 1.29 is 14.7 Å². The number of carbonyl (C=O) groups excluding carboxylic acids is 1. The predicted molar refractivity (Wildman–Crippen MR) is 137 cm³/mol. The number of hydrogen-bond acceptors (Lipinski definition) is 6. The van der Waals surface area contributed by atoms with Gasteiger partial charge in [-0.1, -0.05) is 71.9 Å². The van der Waals surface area contributed by atoms with E-state index in [1.807, 2.05) is 56.3 Å². The maximum Gasteiger partial charge on any atom is 0.326 e. The Labute approximate surface area is 208 Å². The number of thioether (sulfide) groups is 1. The summed E-state index contributed by atoms with van der Waals surface area (Å²) in [5.74, 6) is -0.860. The molecule has 180 valence electrons. The molecule has 2 heterocycles. The highest BCUT2D eigenvalue weighted by Crippen LogP contribution is 2.33. The molecular formula is C26H27N5O3S. The van der Waals surface area contributed by atoms with Crippen LogP contribution in [-0.2, 0) is 21.8 Å². The molecule has 4 N–H and O–H groups in total. The first-order valence-electron chi connectivity index (χ1n) is 11.2. The van der Waals surface area contributed by atoms with Gasteiger partial charge in [-0.25, -0.2) is 14.8 Å². The number of amides is 1. The molecule has 2 aromatic carbocycles. The largest absolute Gasteiger partial charge is 0.480 e. The predicted octanol–water partition coefficient (Wildman–Crippen LogP) is 3.74. The van der Waals surface area contributed by atoms with E-state index in [1.54, 1.807) is 18.0 Å². The number of nitrogens with one attached hydrogen (secondary N) is 3. The topological polar surface area (TPSA) is 119 Å². The lowest BCUT2D eigenvalue weighted by Gasteiger charge is -2.27. The number of aromatic nitrogens is 2. The minimum Gasteiger partial charge on any atom is -0.480 e. The molecule has 0 fully saturated rings. The lowest BCUT2D eigenvalue weighted by Crippen LogP contribution is -2.45. The summed E-state index contributed by atoms with van der Waals surface area (Å²) in [5, 5.41) is 16.3. The number of benzene rings is 2. The van der Waals surface area contributed by atoms with Crippen LogP contribution in [0.5, 0.6) is 0 Å². The lowest BCUT2D eigenvalue weighted by molar-refractivity contribution is -0.141. The number of carboxylic acid groups (broad SMARTS) is 1. The fraction of sp³-hybridized carbons (Fsp3) is 0.231. The monoisotopic (exact) mass is 489 g/mol. The summed E-state index contributed by atoms with van der Waals surface area (Å²) in [6.07, 6.45) is 3.12. The Balaban J connectivity index is 1.59. The molecule has 0 aliphatic carbocycles. The van der Waals surface area contributed by atoms with Crippen LogP contribution >= 0.6 is 11.8 Å². The molecule has 0 spiro atoms. The Morgan fingerprint density at radius 2 is 1.86 bits per heavy atom. The number of aryl methyl sites for hydroxylation is 1. The molecule has 0 saturated carbocycles. The lowest BCUT2D eigenvalue weighted by atomic mass is 9.95. The molecule has 1 aliphatic rings. The molecule has 3 aromatic rings. The van der Waals surface area contributed by atoms with Crippen LogP contribution in [0.3, 0.4) is 0 Å². The smallest absolute Gasteiger partial charge is 0.326 e. The quantitative estimate of drug-likeness (QED) is 0.383. The highest BCUT2D eigenvalue weighted by Gasteiger charge is 2.32. The number of nitrogens with zero attached hydrogens (tertiary/aromatic N) is 2. The number of aliphatic imine (C=N–C) groups is 1. The van der Waals surface area contributed by atoms with Crippen LogP contribution in [0.2, 0.25) is 0 Å². The Morgan fingerprint density at radius 1 is 1.11 bits per heavy atom. The summed E-state index contributed by atoms with van der Waals surface area (Å²) in [4.78, 5) is 37.0. The third kappa shape index (κ3) is 6.19. The van der Waals surface area contributed by atoms with Crippen LogP contribution in [0.1, 0.15) is 35.3 Å². The third-order valence-electron chi connectivity index (χ3n) is 5.66. The maximum absolute atomic E-state index is 13.4. The van der Waals surface area contributed by atoms with Gasteiger partial charge in [-0.2, -0.15) is 0 Å². The summed E-state index contributed by atoms with van der Waals surface area (Å²) in [6, 6.07) is 16.3. The van der Waals surface area contributed by atoms with Gasteiger partial charge in [-0.15, -0.1) is 0 Å². The van der Waals surface area contributed by atoms with Crippen molar-refractivity contribution in [2.45, 2.75) is 38.1 Å². The number of amidine groups is 1. The van der Waals surface area contributed by atoms with Gasteiger partial charge in [0.05, 0.1) is 11.9 Å². The first-order chi connectivity index (χ1) is 16.9. The van der Waals surface area contributed by atoms with Gasteiger partial charge in [0.2, 0.25) is 0 Å². The number of aliphatic carboxylic acids is 1. The molecule has 8 nitrogen and oxygen atoms in total. The van der Waals surface area contributed by atoms with Gasteiger partial charge in [0, 0.05) is 29.8 Å². The van der Waals surface area contributed by atoms with E-state index in [0.717, 1.165) is 16.9 Å². The number of carbonyl (C=O) groups is 2. The highest BCUT2D eigenvalue weighted by atomic mass is 32.2. The molecule has 1 aromatic heterocycles. The van der Waals surface area contributed by atoms with Crippen molar-refractivity contribution in [1.29, 1.82) is 0 Å². The molecule has 0 saturated heterocycles. The zero-order chi connectivity index (χ0) is 24.8. The molecule has 1 amide bonds. The summed E-state index contributed by atoms with van der Waals surface area (Å²) >= 11 is 1.56. The van der Waals surface area contributed by atoms with Gasteiger partial charge in [0.15, 0.2) is 5.17 Å². The molecule has 2 atom stereocenters. The number of rotatable bonds is 8. The molecule has 9 heteroatoms. The molecule has 35 heavy (non-hydrogen) atoms. The van der Waals surface area contributed by atoms with Crippen molar-refractivity contribution in [2.24, 2.45) is 4.99 Å².